The van der Waals surface area contributed by atoms with Crippen LogP contribution < -0.4 is 0 Å². The maximum atomic E-state index is 12.1. The summed E-state index contributed by atoms with van der Waals surface area (Å²) in [4.78, 5) is 19.9. The van der Waals surface area contributed by atoms with Crippen LogP contribution in [0.15, 0.2) is 29.6 Å². The Labute approximate surface area is 144 Å². The Morgan fingerprint density at radius 1 is 1.33 bits per heavy atom. The van der Waals surface area contributed by atoms with Gasteiger partial charge < -0.3 is 14.8 Å². The fourth-order valence-electron chi connectivity index (χ4n) is 2.68. The van der Waals surface area contributed by atoms with Crippen LogP contribution in [0.4, 0.5) is 0 Å². The van der Waals surface area contributed by atoms with E-state index in [1.54, 1.807) is 19.1 Å². The molecule has 3 aromatic rings. The molecule has 24 heavy (non-hydrogen) atoms. The number of rotatable bonds is 4. The Hall–Kier alpha value is -2.60. The first-order valence-electron chi connectivity index (χ1n) is 7.63. The molecule has 2 aromatic heterocycles. The van der Waals surface area contributed by atoms with E-state index >= 15 is 0 Å². The van der Waals surface area contributed by atoms with Gasteiger partial charge in [0.15, 0.2) is 0 Å². The summed E-state index contributed by atoms with van der Waals surface area (Å²) in [6.07, 6.45) is 0. The second-order valence-corrected chi connectivity index (χ2v) is 6.26. The number of carbonyl (C=O) groups is 1. The van der Waals surface area contributed by atoms with Gasteiger partial charge in [0.1, 0.15) is 10.8 Å². The molecule has 0 amide bonds. The number of ether oxygens (including phenoxy) is 1. The summed E-state index contributed by atoms with van der Waals surface area (Å²) in [7, 11) is 0. The van der Waals surface area contributed by atoms with E-state index in [2.05, 4.69) is 9.97 Å². The van der Waals surface area contributed by atoms with Crippen LogP contribution >= 0.6 is 11.3 Å². The molecule has 1 aromatic carbocycles. The number of aromatic hydroxyl groups is 1. The van der Waals surface area contributed by atoms with E-state index in [0.29, 0.717) is 17.7 Å². The maximum Gasteiger partial charge on any atom is 0.340 e. The highest BCUT2D eigenvalue weighted by atomic mass is 32.1. The first-order valence-corrected chi connectivity index (χ1v) is 8.51. The number of aromatic nitrogens is 2. The minimum atomic E-state index is -0.328. The zero-order valence-corrected chi connectivity index (χ0v) is 14.5. The SMILES string of the molecule is CCOC(=O)c1c(C)[nH]c(-c2csc(-c3ccccc3O)n2)c1C. The zero-order valence-electron chi connectivity index (χ0n) is 13.7. The molecule has 6 heteroatoms. The van der Waals surface area contributed by atoms with Crippen LogP contribution in [0.25, 0.3) is 22.0 Å². The van der Waals surface area contributed by atoms with E-state index < -0.39 is 0 Å². The quantitative estimate of drug-likeness (QED) is 0.693. The molecule has 0 atom stereocenters. The minimum absolute atomic E-state index is 0.199. The third-order valence-electron chi connectivity index (χ3n) is 3.81. The first-order chi connectivity index (χ1) is 11.5. The molecule has 0 bridgehead atoms. The van der Waals surface area contributed by atoms with E-state index in [4.69, 9.17) is 4.74 Å². The van der Waals surface area contributed by atoms with Crippen LogP contribution in [0.2, 0.25) is 0 Å². The van der Waals surface area contributed by atoms with Crippen molar-refractivity contribution in [3.8, 4) is 27.7 Å². The molecule has 0 saturated carbocycles. The van der Waals surface area contributed by atoms with Crippen molar-refractivity contribution in [2.45, 2.75) is 20.8 Å². The van der Waals surface area contributed by atoms with Crippen LogP contribution in [0.5, 0.6) is 5.75 Å². The summed E-state index contributed by atoms with van der Waals surface area (Å²) >= 11 is 1.45. The average molecular weight is 342 g/mol. The van der Waals surface area contributed by atoms with Gasteiger partial charge in [-0.25, -0.2) is 9.78 Å². The molecule has 0 aliphatic heterocycles. The van der Waals surface area contributed by atoms with Crippen LogP contribution in [-0.4, -0.2) is 27.7 Å². The monoisotopic (exact) mass is 342 g/mol. The highest BCUT2D eigenvalue weighted by molar-refractivity contribution is 7.13. The van der Waals surface area contributed by atoms with Gasteiger partial charge in [-0.3, -0.25) is 0 Å². The van der Waals surface area contributed by atoms with Crippen LogP contribution in [0.1, 0.15) is 28.5 Å². The molecular formula is C18H18N2O3S. The number of aromatic amines is 1. The summed E-state index contributed by atoms with van der Waals surface area (Å²) in [5.74, 6) is -0.129. The normalized spacial score (nSPS) is 10.8. The van der Waals surface area contributed by atoms with Gasteiger partial charge >= 0.3 is 5.97 Å². The van der Waals surface area contributed by atoms with Gasteiger partial charge in [0, 0.05) is 11.1 Å². The topological polar surface area (TPSA) is 75.2 Å². The second kappa shape index (κ2) is 6.49. The number of nitrogens with one attached hydrogen (secondary N) is 1. The molecule has 0 aliphatic rings. The lowest BCUT2D eigenvalue weighted by Crippen LogP contribution is -2.06. The molecule has 0 radical (unpaired) electrons. The fraction of sp³-hybridized carbons (Fsp3) is 0.222. The predicted molar refractivity (Wildman–Crippen MR) is 94.4 cm³/mol. The molecule has 0 fully saturated rings. The van der Waals surface area contributed by atoms with Crippen molar-refractivity contribution in [3.05, 3.63) is 46.5 Å². The van der Waals surface area contributed by atoms with Gasteiger partial charge in [-0.2, -0.15) is 0 Å². The Bertz CT molecular complexity index is 896. The molecule has 2 heterocycles. The Balaban J connectivity index is 2.01. The number of para-hydroxylation sites is 1. The highest BCUT2D eigenvalue weighted by Crippen LogP contribution is 2.35. The Morgan fingerprint density at radius 3 is 2.79 bits per heavy atom. The highest BCUT2D eigenvalue weighted by Gasteiger charge is 2.21. The van der Waals surface area contributed by atoms with Gasteiger partial charge in [0.05, 0.1) is 29.1 Å². The van der Waals surface area contributed by atoms with E-state index in [0.717, 1.165) is 27.7 Å². The van der Waals surface area contributed by atoms with E-state index in [1.807, 2.05) is 31.4 Å². The molecule has 0 unspecified atom stereocenters. The molecular weight excluding hydrogens is 324 g/mol. The summed E-state index contributed by atoms with van der Waals surface area (Å²) < 4.78 is 5.12. The third-order valence-corrected chi connectivity index (χ3v) is 4.69. The second-order valence-electron chi connectivity index (χ2n) is 5.40. The number of H-pyrrole nitrogens is 1. The molecule has 3 rings (SSSR count). The fourth-order valence-corrected chi connectivity index (χ4v) is 3.53. The van der Waals surface area contributed by atoms with Crippen molar-refractivity contribution in [2.75, 3.05) is 6.61 Å². The van der Waals surface area contributed by atoms with Crippen molar-refractivity contribution in [3.63, 3.8) is 0 Å². The lowest BCUT2D eigenvalue weighted by molar-refractivity contribution is 0.0525. The maximum absolute atomic E-state index is 12.1. The number of carbonyl (C=O) groups excluding carboxylic acids is 1. The van der Waals surface area contributed by atoms with Gasteiger partial charge in [-0.1, -0.05) is 12.1 Å². The number of phenols is 1. The number of nitrogens with zero attached hydrogens (tertiary/aromatic N) is 1. The van der Waals surface area contributed by atoms with Crippen LogP contribution in [0.3, 0.4) is 0 Å². The number of hydrogen-bond acceptors (Lipinski definition) is 5. The minimum Gasteiger partial charge on any atom is -0.507 e. The number of phenolic OH excluding ortho intramolecular Hbond substituents is 1. The molecule has 124 valence electrons. The third kappa shape index (κ3) is 2.80. The number of aryl methyl sites for hydroxylation is 1. The first kappa shape index (κ1) is 16.3. The van der Waals surface area contributed by atoms with E-state index in [1.165, 1.54) is 11.3 Å². The summed E-state index contributed by atoms with van der Waals surface area (Å²) in [5.41, 5.74) is 4.38. The van der Waals surface area contributed by atoms with Gasteiger partial charge in [-0.05, 0) is 38.5 Å². The van der Waals surface area contributed by atoms with Crippen molar-refractivity contribution < 1.29 is 14.6 Å². The molecule has 2 N–H and O–H groups in total. The Kier molecular flexibility index (Phi) is 4.40. The van der Waals surface area contributed by atoms with Gasteiger partial charge in [0.2, 0.25) is 0 Å². The molecule has 0 spiro atoms. The summed E-state index contributed by atoms with van der Waals surface area (Å²) in [6.45, 7) is 5.85. The number of benzene rings is 1. The number of thiazole rings is 1. The molecule has 0 aliphatic carbocycles. The van der Waals surface area contributed by atoms with E-state index in [9.17, 15) is 9.90 Å². The summed E-state index contributed by atoms with van der Waals surface area (Å²) in [6, 6.07) is 7.10. The van der Waals surface area contributed by atoms with Crippen molar-refractivity contribution in [1.29, 1.82) is 0 Å². The van der Waals surface area contributed by atoms with Crippen molar-refractivity contribution in [2.24, 2.45) is 0 Å². The molecule has 5 nitrogen and oxygen atoms in total. The van der Waals surface area contributed by atoms with Crippen LogP contribution in [0, 0.1) is 13.8 Å². The van der Waals surface area contributed by atoms with Gasteiger partial charge in [-0.15, -0.1) is 11.3 Å². The predicted octanol–water partition coefficient (Wildman–Crippen LogP) is 4.30. The largest absolute Gasteiger partial charge is 0.507 e. The lowest BCUT2D eigenvalue weighted by atomic mass is 10.1. The standard InChI is InChI=1S/C18H18N2O3S/c1-4-23-18(22)15-10(2)16(19-11(15)3)13-9-24-17(20-13)12-7-5-6-8-14(12)21/h5-9,19,21H,4H2,1-3H3. The lowest BCUT2D eigenvalue weighted by Gasteiger charge is -2.02. The zero-order chi connectivity index (χ0) is 17.3. The van der Waals surface area contributed by atoms with E-state index in [-0.39, 0.29) is 11.7 Å². The smallest absolute Gasteiger partial charge is 0.340 e. The molecule has 0 saturated heterocycles. The summed E-state index contributed by atoms with van der Waals surface area (Å²) in [5, 5.41) is 12.6. The Morgan fingerprint density at radius 2 is 2.08 bits per heavy atom. The number of esters is 1. The van der Waals surface area contributed by atoms with Crippen molar-refractivity contribution >= 4 is 17.3 Å². The number of hydrogen-bond donors (Lipinski definition) is 2. The average Bonchev–Trinajstić information content (AvgIpc) is 3.13. The van der Waals surface area contributed by atoms with Gasteiger partial charge in [0.25, 0.3) is 0 Å². The van der Waals surface area contributed by atoms with Crippen LogP contribution in [-0.2, 0) is 4.74 Å². The van der Waals surface area contributed by atoms with Crippen molar-refractivity contribution in [1.82, 2.24) is 9.97 Å².